The Hall–Kier alpha value is -1.11. The first-order valence-corrected chi connectivity index (χ1v) is 4.49. The molecule has 4 heteroatoms. The van der Waals surface area contributed by atoms with Crippen LogP contribution in [0.5, 0.6) is 0 Å². The molecule has 1 N–H and O–H groups in total. The molecule has 0 saturated heterocycles. The molecule has 74 valence electrons. The Kier molecular flexibility index (Phi) is 3.87. The number of benzene rings is 1. The van der Waals surface area contributed by atoms with E-state index in [4.69, 9.17) is 22.0 Å². The fourth-order valence-corrected chi connectivity index (χ4v) is 1.26. The van der Waals surface area contributed by atoms with Crippen molar-refractivity contribution in [1.82, 2.24) is 0 Å². The summed E-state index contributed by atoms with van der Waals surface area (Å²) in [4.78, 5) is 0. The molecule has 0 saturated carbocycles. The molecule has 1 aromatic rings. The first kappa shape index (κ1) is 11.0. The van der Waals surface area contributed by atoms with Crippen molar-refractivity contribution >= 4 is 11.6 Å². The van der Waals surface area contributed by atoms with E-state index in [1.807, 2.05) is 6.07 Å². The van der Waals surface area contributed by atoms with Gasteiger partial charge in [0.05, 0.1) is 18.6 Å². The Morgan fingerprint density at radius 2 is 2.29 bits per heavy atom. The smallest absolute Gasteiger partial charge is 0.127 e. The molecular weight excluding hydrogens is 205 g/mol. The van der Waals surface area contributed by atoms with Gasteiger partial charge in [0.2, 0.25) is 0 Å². The van der Waals surface area contributed by atoms with E-state index in [9.17, 15) is 4.39 Å². The Bertz CT molecular complexity index is 362. The van der Waals surface area contributed by atoms with Crippen LogP contribution in [0.3, 0.4) is 0 Å². The zero-order chi connectivity index (χ0) is 10.6. The summed E-state index contributed by atoms with van der Waals surface area (Å²) in [5.41, 5.74) is 0.398. The SMILES string of the molecule is N#CC(CO)Cc1ccc(Cl)cc1F. The highest BCUT2D eigenvalue weighted by molar-refractivity contribution is 6.30. The molecule has 1 atom stereocenters. The van der Waals surface area contributed by atoms with Gasteiger partial charge < -0.3 is 5.11 Å². The van der Waals surface area contributed by atoms with E-state index in [0.717, 1.165) is 0 Å². The van der Waals surface area contributed by atoms with E-state index in [1.165, 1.54) is 12.1 Å². The number of nitrogens with zero attached hydrogens (tertiary/aromatic N) is 1. The first-order chi connectivity index (χ1) is 6.67. The minimum absolute atomic E-state index is 0.204. The quantitative estimate of drug-likeness (QED) is 0.836. The van der Waals surface area contributed by atoms with E-state index in [0.29, 0.717) is 10.6 Å². The van der Waals surface area contributed by atoms with Crippen molar-refractivity contribution in [3.05, 3.63) is 34.6 Å². The number of rotatable bonds is 3. The molecule has 0 bridgehead atoms. The van der Waals surface area contributed by atoms with Gasteiger partial charge in [0, 0.05) is 5.02 Å². The molecule has 0 fully saturated rings. The van der Waals surface area contributed by atoms with Crippen molar-refractivity contribution in [2.75, 3.05) is 6.61 Å². The summed E-state index contributed by atoms with van der Waals surface area (Å²) in [6.07, 6.45) is 0.204. The molecule has 1 rings (SSSR count). The first-order valence-electron chi connectivity index (χ1n) is 4.11. The summed E-state index contributed by atoms with van der Waals surface area (Å²) in [5, 5.41) is 17.7. The average molecular weight is 214 g/mol. The Morgan fingerprint density at radius 3 is 2.79 bits per heavy atom. The van der Waals surface area contributed by atoms with Gasteiger partial charge in [-0.25, -0.2) is 4.39 Å². The number of hydrogen-bond donors (Lipinski definition) is 1. The van der Waals surface area contributed by atoms with Crippen LogP contribution in [0.15, 0.2) is 18.2 Å². The molecule has 0 spiro atoms. The van der Waals surface area contributed by atoms with Crippen LogP contribution in [0.25, 0.3) is 0 Å². The predicted octanol–water partition coefficient (Wildman–Crippen LogP) is 2.15. The van der Waals surface area contributed by atoms with Crippen LogP contribution in [0.2, 0.25) is 5.02 Å². The summed E-state index contributed by atoms with van der Waals surface area (Å²) < 4.78 is 13.2. The normalized spacial score (nSPS) is 12.1. The molecule has 1 unspecified atom stereocenters. The summed E-state index contributed by atoms with van der Waals surface area (Å²) in [6.45, 7) is -0.265. The van der Waals surface area contributed by atoms with Gasteiger partial charge in [-0.1, -0.05) is 17.7 Å². The van der Waals surface area contributed by atoms with Crippen LogP contribution >= 0.6 is 11.6 Å². The lowest BCUT2D eigenvalue weighted by Gasteiger charge is -2.06. The molecular formula is C10H9ClFNO. The minimum atomic E-state index is -0.564. The maximum absolute atomic E-state index is 13.2. The maximum Gasteiger partial charge on any atom is 0.127 e. The standard InChI is InChI=1S/C10H9ClFNO/c11-9-2-1-8(10(12)4-9)3-7(5-13)6-14/h1-2,4,7,14H,3,6H2. The Balaban J connectivity index is 2.82. The topological polar surface area (TPSA) is 44.0 Å². The van der Waals surface area contributed by atoms with Gasteiger partial charge in [-0.3, -0.25) is 0 Å². The van der Waals surface area contributed by atoms with E-state index >= 15 is 0 Å². The maximum atomic E-state index is 13.2. The zero-order valence-corrected chi connectivity index (χ0v) is 8.13. The summed E-state index contributed by atoms with van der Waals surface area (Å²) in [6, 6.07) is 6.18. The van der Waals surface area contributed by atoms with Gasteiger partial charge in [0.1, 0.15) is 5.82 Å². The van der Waals surface area contributed by atoms with E-state index < -0.39 is 11.7 Å². The Labute approximate surface area is 86.5 Å². The van der Waals surface area contributed by atoms with Crippen molar-refractivity contribution in [2.24, 2.45) is 5.92 Å². The molecule has 0 amide bonds. The van der Waals surface area contributed by atoms with Gasteiger partial charge in [0.15, 0.2) is 0 Å². The number of aliphatic hydroxyl groups excluding tert-OH is 1. The lowest BCUT2D eigenvalue weighted by Crippen LogP contribution is -2.07. The van der Waals surface area contributed by atoms with Crippen LogP contribution in [-0.2, 0) is 6.42 Å². The van der Waals surface area contributed by atoms with Gasteiger partial charge in [-0.15, -0.1) is 0 Å². The van der Waals surface area contributed by atoms with Crippen molar-refractivity contribution in [3.8, 4) is 6.07 Å². The van der Waals surface area contributed by atoms with Crippen LogP contribution in [0, 0.1) is 23.1 Å². The van der Waals surface area contributed by atoms with Gasteiger partial charge in [-0.05, 0) is 24.1 Å². The second kappa shape index (κ2) is 4.94. The van der Waals surface area contributed by atoms with Crippen molar-refractivity contribution in [1.29, 1.82) is 5.26 Å². The number of hydrogen-bond acceptors (Lipinski definition) is 2. The molecule has 14 heavy (non-hydrogen) atoms. The van der Waals surface area contributed by atoms with E-state index in [-0.39, 0.29) is 13.0 Å². The predicted molar refractivity (Wildman–Crippen MR) is 51.3 cm³/mol. The van der Waals surface area contributed by atoms with Crippen LogP contribution in [0.1, 0.15) is 5.56 Å². The average Bonchev–Trinajstić information content (AvgIpc) is 2.17. The highest BCUT2D eigenvalue weighted by Crippen LogP contribution is 2.17. The number of aliphatic hydroxyl groups is 1. The molecule has 0 aromatic heterocycles. The second-order valence-corrected chi connectivity index (χ2v) is 3.38. The molecule has 0 radical (unpaired) electrons. The molecule has 0 aliphatic heterocycles. The van der Waals surface area contributed by atoms with Gasteiger partial charge in [-0.2, -0.15) is 5.26 Å². The van der Waals surface area contributed by atoms with E-state index in [1.54, 1.807) is 6.07 Å². The molecule has 0 aliphatic rings. The lowest BCUT2D eigenvalue weighted by molar-refractivity contribution is 0.255. The molecule has 1 aromatic carbocycles. The van der Waals surface area contributed by atoms with Gasteiger partial charge in [0.25, 0.3) is 0 Å². The minimum Gasteiger partial charge on any atom is -0.395 e. The fraction of sp³-hybridized carbons (Fsp3) is 0.300. The summed E-state index contributed by atoms with van der Waals surface area (Å²) in [7, 11) is 0. The van der Waals surface area contributed by atoms with Crippen molar-refractivity contribution < 1.29 is 9.50 Å². The van der Waals surface area contributed by atoms with Crippen LogP contribution in [-0.4, -0.2) is 11.7 Å². The number of halogens is 2. The largest absolute Gasteiger partial charge is 0.395 e. The second-order valence-electron chi connectivity index (χ2n) is 2.95. The zero-order valence-electron chi connectivity index (χ0n) is 7.37. The summed E-state index contributed by atoms with van der Waals surface area (Å²) >= 11 is 5.57. The summed E-state index contributed by atoms with van der Waals surface area (Å²) in [5.74, 6) is -1.00. The third-order valence-electron chi connectivity index (χ3n) is 1.88. The molecule has 0 aliphatic carbocycles. The van der Waals surface area contributed by atoms with Gasteiger partial charge >= 0.3 is 0 Å². The van der Waals surface area contributed by atoms with E-state index in [2.05, 4.69) is 0 Å². The van der Waals surface area contributed by atoms with Crippen molar-refractivity contribution in [3.63, 3.8) is 0 Å². The lowest BCUT2D eigenvalue weighted by atomic mass is 10.0. The highest BCUT2D eigenvalue weighted by atomic mass is 35.5. The van der Waals surface area contributed by atoms with Crippen LogP contribution in [0.4, 0.5) is 4.39 Å². The molecule has 0 heterocycles. The van der Waals surface area contributed by atoms with Crippen molar-refractivity contribution in [2.45, 2.75) is 6.42 Å². The number of nitriles is 1. The third-order valence-corrected chi connectivity index (χ3v) is 2.12. The molecule has 2 nitrogen and oxygen atoms in total. The Morgan fingerprint density at radius 1 is 1.57 bits per heavy atom. The monoisotopic (exact) mass is 213 g/mol. The fourth-order valence-electron chi connectivity index (χ4n) is 1.10. The highest BCUT2D eigenvalue weighted by Gasteiger charge is 2.10. The van der Waals surface area contributed by atoms with Crippen LogP contribution < -0.4 is 0 Å². The third kappa shape index (κ3) is 2.69.